The van der Waals surface area contributed by atoms with Crippen molar-refractivity contribution in [2.24, 2.45) is 0 Å². The van der Waals surface area contributed by atoms with Crippen molar-refractivity contribution < 1.29 is 45.0 Å². The molecule has 232 valence electrons. The maximum Gasteiger partial charge on any atom is 0.426 e. The highest BCUT2D eigenvalue weighted by Gasteiger charge is 2.61. The van der Waals surface area contributed by atoms with Gasteiger partial charge in [0.1, 0.15) is 5.60 Å². The molecule has 1 aliphatic heterocycles. The standard InChI is InChI=1S/C29H30F6N4O4/c1-26(2,3)43-25(40)37-21-16-19(28(30,31)32)20-14-10-5-4-6-11-15-27(29(33,34)35,41-17-18-12-8-7-9-13-18)24-39-38-23(42-24)22(21)36-20/h4,6-9,12-13,16H,5,10-11,14-15,17H2,1-3H3,(H,37,40)/b6-4-. The summed E-state index contributed by atoms with van der Waals surface area (Å²) in [5.74, 6) is -1.59. The topological polar surface area (TPSA) is 99.4 Å². The lowest BCUT2D eigenvalue weighted by Crippen LogP contribution is -2.45. The maximum atomic E-state index is 14.9. The number of ether oxygens (including phenoxy) is 2. The second-order valence-corrected chi connectivity index (χ2v) is 10.9. The van der Waals surface area contributed by atoms with Crippen molar-refractivity contribution in [1.82, 2.24) is 15.2 Å². The summed E-state index contributed by atoms with van der Waals surface area (Å²) in [5, 5.41) is 9.59. The third-order valence-electron chi connectivity index (χ3n) is 6.42. The second kappa shape index (κ2) is 12.3. The fourth-order valence-electron chi connectivity index (χ4n) is 4.42. The minimum absolute atomic E-state index is 0.102. The number of fused-ring (bicyclic) bond motifs is 5. The fourth-order valence-corrected chi connectivity index (χ4v) is 4.42. The Bertz CT molecular complexity index is 1450. The highest BCUT2D eigenvalue weighted by Crippen LogP contribution is 2.47. The molecule has 14 heteroatoms. The first-order chi connectivity index (χ1) is 20.1. The first kappa shape index (κ1) is 32.0. The number of aromatic nitrogens is 3. The Morgan fingerprint density at radius 3 is 2.37 bits per heavy atom. The molecule has 4 bridgehead atoms. The Morgan fingerprint density at radius 1 is 1.02 bits per heavy atom. The normalized spacial score (nSPS) is 18.9. The van der Waals surface area contributed by atoms with Crippen molar-refractivity contribution >= 4 is 11.8 Å². The molecule has 0 aliphatic carbocycles. The van der Waals surface area contributed by atoms with Gasteiger partial charge in [-0.2, -0.15) is 26.3 Å². The number of hydrogen-bond acceptors (Lipinski definition) is 7. The quantitative estimate of drug-likeness (QED) is 0.235. The van der Waals surface area contributed by atoms with Crippen molar-refractivity contribution in [1.29, 1.82) is 0 Å². The van der Waals surface area contributed by atoms with E-state index >= 15 is 0 Å². The number of hydrogen-bond donors (Lipinski definition) is 1. The number of anilines is 1. The second-order valence-electron chi connectivity index (χ2n) is 10.9. The van der Waals surface area contributed by atoms with Crippen molar-refractivity contribution in [3.63, 3.8) is 0 Å². The molecule has 3 aromatic rings. The van der Waals surface area contributed by atoms with Crippen LogP contribution in [0.3, 0.4) is 0 Å². The lowest BCUT2D eigenvalue weighted by molar-refractivity contribution is -0.299. The third-order valence-corrected chi connectivity index (χ3v) is 6.42. The van der Waals surface area contributed by atoms with Crippen molar-refractivity contribution in [3.05, 3.63) is 71.3 Å². The molecule has 1 aliphatic rings. The number of nitrogens with one attached hydrogen (secondary N) is 1. The number of amides is 1. The van der Waals surface area contributed by atoms with Crippen LogP contribution in [0.15, 0.2) is 53.0 Å². The molecule has 1 amide bonds. The largest absolute Gasteiger partial charge is 0.444 e. The summed E-state index contributed by atoms with van der Waals surface area (Å²) in [5.41, 5.74) is -6.12. The number of alkyl halides is 6. The molecule has 0 fully saturated rings. The summed E-state index contributed by atoms with van der Waals surface area (Å²) in [4.78, 5) is 16.6. The average Bonchev–Trinajstić information content (AvgIpc) is 3.38. The van der Waals surface area contributed by atoms with Gasteiger partial charge < -0.3 is 13.9 Å². The van der Waals surface area contributed by atoms with Gasteiger partial charge in [-0.05, 0) is 64.5 Å². The Kier molecular flexibility index (Phi) is 9.19. The minimum Gasteiger partial charge on any atom is -0.444 e. The van der Waals surface area contributed by atoms with E-state index in [0.29, 0.717) is 11.6 Å². The smallest absolute Gasteiger partial charge is 0.426 e. The van der Waals surface area contributed by atoms with Crippen LogP contribution < -0.4 is 5.32 Å². The van der Waals surface area contributed by atoms with E-state index in [2.05, 4.69) is 20.5 Å². The Balaban J connectivity index is 1.88. The van der Waals surface area contributed by atoms with Crippen LogP contribution in [-0.4, -0.2) is 33.1 Å². The Hall–Kier alpha value is -3.94. The molecule has 1 N–H and O–H groups in total. The van der Waals surface area contributed by atoms with Gasteiger partial charge in [0.25, 0.3) is 11.8 Å². The Morgan fingerprint density at radius 2 is 1.72 bits per heavy atom. The Labute approximate surface area is 243 Å². The van der Waals surface area contributed by atoms with Crippen molar-refractivity contribution in [2.45, 2.75) is 83.0 Å². The first-order valence-electron chi connectivity index (χ1n) is 13.4. The van der Waals surface area contributed by atoms with E-state index in [-0.39, 0.29) is 25.7 Å². The molecule has 1 atom stereocenters. The average molecular weight is 613 g/mol. The van der Waals surface area contributed by atoms with Gasteiger partial charge in [0.2, 0.25) is 5.60 Å². The van der Waals surface area contributed by atoms with Gasteiger partial charge >= 0.3 is 18.4 Å². The van der Waals surface area contributed by atoms with Gasteiger partial charge in [-0.15, -0.1) is 10.2 Å². The van der Waals surface area contributed by atoms with Crippen LogP contribution in [0.2, 0.25) is 0 Å². The molecule has 8 nitrogen and oxygen atoms in total. The number of halogens is 6. The lowest BCUT2D eigenvalue weighted by atomic mass is 9.95. The lowest BCUT2D eigenvalue weighted by Gasteiger charge is -2.32. The number of rotatable bonds is 4. The van der Waals surface area contributed by atoms with Crippen LogP contribution in [0.4, 0.5) is 36.8 Å². The van der Waals surface area contributed by atoms with Gasteiger partial charge in [-0.3, -0.25) is 5.32 Å². The number of carbonyl (C=O) groups is 1. The molecule has 4 rings (SSSR count). The maximum absolute atomic E-state index is 14.9. The summed E-state index contributed by atoms with van der Waals surface area (Å²) in [7, 11) is 0. The summed E-state index contributed by atoms with van der Waals surface area (Å²) in [6, 6.07) is 8.81. The van der Waals surface area contributed by atoms with Crippen LogP contribution in [0.25, 0.3) is 11.6 Å². The van der Waals surface area contributed by atoms with Gasteiger partial charge in [-0.25, -0.2) is 9.78 Å². The van der Waals surface area contributed by atoms with E-state index in [4.69, 9.17) is 13.9 Å². The number of pyridine rings is 1. The third kappa shape index (κ3) is 7.72. The molecule has 1 aromatic carbocycles. The van der Waals surface area contributed by atoms with Crippen LogP contribution in [0, 0.1) is 0 Å². The molecular weight excluding hydrogens is 582 g/mol. The number of carbonyl (C=O) groups excluding carboxylic acids is 1. The van der Waals surface area contributed by atoms with Crippen LogP contribution >= 0.6 is 0 Å². The number of allylic oxidation sites excluding steroid dienone is 2. The first-order valence-corrected chi connectivity index (χ1v) is 13.4. The molecule has 2 aromatic heterocycles. The predicted octanol–water partition coefficient (Wildman–Crippen LogP) is 8.14. The number of aryl methyl sites for hydroxylation is 1. The van der Waals surface area contributed by atoms with Crippen molar-refractivity contribution in [2.75, 3.05) is 5.32 Å². The summed E-state index contributed by atoms with van der Waals surface area (Å²) in [6.45, 7) is 4.19. The molecule has 1 unspecified atom stereocenters. The molecule has 0 radical (unpaired) electrons. The molecular formula is C29H30F6N4O4. The summed E-state index contributed by atoms with van der Waals surface area (Å²) >= 11 is 0. The van der Waals surface area contributed by atoms with E-state index in [1.807, 2.05) is 0 Å². The zero-order chi connectivity index (χ0) is 31.5. The van der Waals surface area contributed by atoms with Crippen LogP contribution in [0.5, 0.6) is 0 Å². The van der Waals surface area contributed by atoms with E-state index < -0.39 is 77.1 Å². The SMILES string of the molecule is CC(C)(C)OC(=O)Nc1cc(C(F)(F)F)c2nc1-c1nnc(o1)C(OCc1ccccc1)(C(F)(F)F)CC/C=C\CCC2. The molecule has 0 spiro atoms. The van der Waals surface area contributed by atoms with E-state index in [0.717, 1.165) is 0 Å². The molecule has 0 saturated heterocycles. The van der Waals surface area contributed by atoms with Gasteiger partial charge in [0.15, 0.2) is 5.69 Å². The summed E-state index contributed by atoms with van der Waals surface area (Å²) < 4.78 is 103. The summed E-state index contributed by atoms with van der Waals surface area (Å²) in [6.07, 6.45) is -8.24. The van der Waals surface area contributed by atoms with Crippen LogP contribution in [-0.2, 0) is 34.3 Å². The number of nitrogens with zero attached hydrogens (tertiary/aromatic N) is 3. The van der Waals surface area contributed by atoms with E-state index in [1.54, 1.807) is 57.2 Å². The predicted molar refractivity (Wildman–Crippen MR) is 143 cm³/mol. The van der Waals surface area contributed by atoms with Crippen LogP contribution in [0.1, 0.15) is 69.2 Å². The number of benzene rings is 1. The minimum atomic E-state index is -5.03. The fraction of sp³-hybridized carbons (Fsp3) is 0.448. The molecule has 43 heavy (non-hydrogen) atoms. The monoisotopic (exact) mass is 612 g/mol. The molecule has 3 heterocycles. The zero-order valence-electron chi connectivity index (χ0n) is 23.6. The van der Waals surface area contributed by atoms with Gasteiger partial charge in [0, 0.05) is 0 Å². The highest BCUT2D eigenvalue weighted by atomic mass is 19.4. The zero-order valence-corrected chi connectivity index (χ0v) is 23.6. The molecule has 0 saturated carbocycles. The van der Waals surface area contributed by atoms with E-state index in [9.17, 15) is 31.1 Å². The van der Waals surface area contributed by atoms with E-state index in [1.165, 1.54) is 6.08 Å². The van der Waals surface area contributed by atoms with Gasteiger partial charge in [0.05, 0.1) is 23.6 Å². The van der Waals surface area contributed by atoms with Crippen molar-refractivity contribution in [3.8, 4) is 11.6 Å². The highest BCUT2D eigenvalue weighted by molar-refractivity contribution is 5.89. The van der Waals surface area contributed by atoms with Gasteiger partial charge in [-0.1, -0.05) is 42.5 Å².